The molecule has 0 aromatic heterocycles. The molecule has 13 heavy (non-hydrogen) atoms. The van der Waals surface area contributed by atoms with Gasteiger partial charge in [0.05, 0.1) is 0 Å². The summed E-state index contributed by atoms with van der Waals surface area (Å²) in [5.41, 5.74) is 0. The fourth-order valence-corrected chi connectivity index (χ4v) is 1.48. The zero-order chi connectivity index (χ0) is 10.2. The second kappa shape index (κ2) is 3.87. The number of methoxy groups -OCH3 is 1. The lowest BCUT2D eigenvalue weighted by molar-refractivity contribution is -0.229. The van der Waals surface area contributed by atoms with E-state index in [9.17, 15) is 20.4 Å². The maximum atomic E-state index is 9.29. The molecule has 1 saturated carbocycles. The number of ether oxygens (including phenoxy) is 1. The third-order valence-electron chi connectivity index (χ3n) is 2.35. The van der Waals surface area contributed by atoms with Gasteiger partial charge in [-0.1, -0.05) is 0 Å². The minimum Gasteiger partial charge on any atom is -0.387 e. The Balaban J connectivity index is 2.79. The molecular formula is C7H14O6. The molecule has 78 valence electrons. The van der Waals surface area contributed by atoms with Crippen molar-refractivity contribution in [3.63, 3.8) is 0 Å². The number of hydrogen-bond donors (Lipinski definition) is 5. The highest BCUT2D eigenvalue weighted by atomic mass is 16.5. The van der Waals surface area contributed by atoms with Crippen molar-refractivity contribution in [3.8, 4) is 0 Å². The first-order valence-electron chi connectivity index (χ1n) is 3.93. The number of aliphatic hydroxyl groups excluding tert-OH is 5. The lowest BCUT2D eigenvalue weighted by Gasteiger charge is -2.40. The lowest BCUT2D eigenvalue weighted by Crippen LogP contribution is -2.64. The summed E-state index contributed by atoms with van der Waals surface area (Å²) in [7, 11) is 1.23. The first-order chi connectivity index (χ1) is 6.00. The molecule has 0 radical (unpaired) electrons. The van der Waals surface area contributed by atoms with Crippen LogP contribution in [0.1, 0.15) is 0 Å². The van der Waals surface area contributed by atoms with E-state index < -0.39 is 36.6 Å². The van der Waals surface area contributed by atoms with E-state index in [0.29, 0.717) is 0 Å². The Morgan fingerprint density at radius 2 is 1.00 bits per heavy atom. The van der Waals surface area contributed by atoms with Crippen molar-refractivity contribution in [2.45, 2.75) is 36.6 Å². The quantitative estimate of drug-likeness (QED) is 0.301. The summed E-state index contributed by atoms with van der Waals surface area (Å²) in [5.74, 6) is 0. The van der Waals surface area contributed by atoms with Crippen LogP contribution in [0, 0.1) is 0 Å². The number of aliphatic hydroxyl groups is 5. The Morgan fingerprint density at radius 3 is 1.31 bits per heavy atom. The van der Waals surface area contributed by atoms with Crippen LogP contribution in [0.25, 0.3) is 0 Å². The van der Waals surface area contributed by atoms with Gasteiger partial charge in [0.25, 0.3) is 0 Å². The molecule has 0 aromatic carbocycles. The van der Waals surface area contributed by atoms with Crippen LogP contribution >= 0.6 is 0 Å². The molecule has 0 aromatic rings. The van der Waals surface area contributed by atoms with Crippen molar-refractivity contribution in [2.24, 2.45) is 0 Å². The van der Waals surface area contributed by atoms with Crippen LogP contribution in [0.5, 0.6) is 0 Å². The van der Waals surface area contributed by atoms with Crippen molar-refractivity contribution in [1.82, 2.24) is 0 Å². The zero-order valence-electron chi connectivity index (χ0n) is 7.11. The van der Waals surface area contributed by atoms with Crippen LogP contribution in [-0.4, -0.2) is 69.3 Å². The second-order valence-corrected chi connectivity index (χ2v) is 3.15. The third-order valence-corrected chi connectivity index (χ3v) is 2.35. The summed E-state index contributed by atoms with van der Waals surface area (Å²) < 4.78 is 4.67. The van der Waals surface area contributed by atoms with Crippen molar-refractivity contribution < 1.29 is 30.3 Å². The molecule has 1 fully saturated rings. The Morgan fingerprint density at radius 1 is 0.692 bits per heavy atom. The summed E-state index contributed by atoms with van der Waals surface area (Å²) in [4.78, 5) is 0. The average Bonchev–Trinajstić information content (AvgIpc) is 2.13. The SMILES string of the molecule is COC1C(O)[C@@H](O)[C@@H](O)[C@@H](O)C1O. The van der Waals surface area contributed by atoms with E-state index in [1.165, 1.54) is 7.11 Å². The minimum atomic E-state index is -1.56. The van der Waals surface area contributed by atoms with E-state index >= 15 is 0 Å². The molecule has 1 aliphatic carbocycles. The highest BCUT2D eigenvalue weighted by Gasteiger charge is 2.48. The molecule has 3 unspecified atom stereocenters. The van der Waals surface area contributed by atoms with Gasteiger partial charge in [-0.05, 0) is 0 Å². The van der Waals surface area contributed by atoms with Gasteiger partial charge in [0.2, 0.25) is 0 Å². The van der Waals surface area contributed by atoms with Crippen molar-refractivity contribution in [2.75, 3.05) is 7.11 Å². The predicted octanol–water partition coefficient (Wildman–Crippen LogP) is -3.18. The van der Waals surface area contributed by atoms with Gasteiger partial charge in [0.15, 0.2) is 0 Å². The molecule has 6 atom stereocenters. The van der Waals surface area contributed by atoms with E-state index in [4.69, 9.17) is 5.11 Å². The fourth-order valence-electron chi connectivity index (χ4n) is 1.48. The number of hydrogen-bond acceptors (Lipinski definition) is 6. The van der Waals surface area contributed by atoms with Gasteiger partial charge in [-0.3, -0.25) is 0 Å². The van der Waals surface area contributed by atoms with Crippen LogP contribution in [0.15, 0.2) is 0 Å². The highest BCUT2D eigenvalue weighted by Crippen LogP contribution is 2.23. The molecular weight excluding hydrogens is 180 g/mol. The van der Waals surface area contributed by atoms with Crippen molar-refractivity contribution in [3.05, 3.63) is 0 Å². The Kier molecular flexibility index (Phi) is 3.23. The van der Waals surface area contributed by atoms with E-state index in [1.54, 1.807) is 0 Å². The summed E-state index contributed by atoms with van der Waals surface area (Å²) in [5, 5.41) is 46.1. The largest absolute Gasteiger partial charge is 0.387 e. The van der Waals surface area contributed by atoms with E-state index in [1.807, 2.05) is 0 Å². The van der Waals surface area contributed by atoms with Gasteiger partial charge in [0.1, 0.15) is 36.6 Å². The van der Waals surface area contributed by atoms with Gasteiger partial charge in [-0.25, -0.2) is 0 Å². The smallest absolute Gasteiger partial charge is 0.114 e. The van der Waals surface area contributed by atoms with Crippen LogP contribution < -0.4 is 0 Å². The monoisotopic (exact) mass is 194 g/mol. The molecule has 6 nitrogen and oxygen atoms in total. The molecule has 0 saturated heterocycles. The van der Waals surface area contributed by atoms with Gasteiger partial charge in [-0.15, -0.1) is 0 Å². The Hall–Kier alpha value is -0.240. The van der Waals surface area contributed by atoms with Crippen LogP contribution in [0.4, 0.5) is 0 Å². The molecule has 0 aliphatic heterocycles. The Bertz CT molecular complexity index is 158. The molecule has 5 N–H and O–H groups in total. The molecule has 1 rings (SSSR count). The van der Waals surface area contributed by atoms with Crippen LogP contribution in [0.3, 0.4) is 0 Å². The average molecular weight is 194 g/mol. The fraction of sp³-hybridized carbons (Fsp3) is 1.00. The molecule has 0 heterocycles. The molecule has 0 amide bonds. The third kappa shape index (κ3) is 1.69. The maximum absolute atomic E-state index is 9.29. The van der Waals surface area contributed by atoms with Crippen LogP contribution in [0.2, 0.25) is 0 Å². The standard InChI is InChI=1S/C7H14O6/c1-13-7-5(11)3(9)2(8)4(10)6(7)12/h2-12H,1H3/t2-,3+,4-,5?,6?,7?. The zero-order valence-corrected chi connectivity index (χ0v) is 7.11. The molecule has 0 spiro atoms. The van der Waals surface area contributed by atoms with E-state index in [2.05, 4.69) is 4.74 Å². The van der Waals surface area contributed by atoms with Gasteiger partial charge >= 0.3 is 0 Å². The van der Waals surface area contributed by atoms with Crippen molar-refractivity contribution >= 4 is 0 Å². The maximum Gasteiger partial charge on any atom is 0.114 e. The summed E-state index contributed by atoms with van der Waals surface area (Å²) in [6.07, 6.45) is -8.48. The number of rotatable bonds is 1. The van der Waals surface area contributed by atoms with Gasteiger partial charge in [-0.2, -0.15) is 0 Å². The van der Waals surface area contributed by atoms with Crippen molar-refractivity contribution in [1.29, 1.82) is 0 Å². The van der Waals surface area contributed by atoms with Gasteiger partial charge in [0, 0.05) is 7.11 Å². The first kappa shape index (κ1) is 10.8. The lowest BCUT2D eigenvalue weighted by atomic mass is 9.85. The highest BCUT2D eigenvalue weighted by molar-refractivity contribution is 4.99. The molecule has 6 heteroatoms. The summed E-state index contributed by atoms with van der Waals surface area (Å²) >= 11 is 0. The minimum absolute atomic E-state index is 1.09. The van der Waals surface area contributed by atoms with Crippen LogP contribution in [-0.2, 0) is 4.74 Å². The first-order valence-corrected chi connectivity index (χ1v) is 3.93. The second-order valence-electron chi connectivity index (χ2n) is 3.15. The topological polar surface area (TPSA) is 110 Å². The molecule has 0 bridgehead atoms. The normalized spacial score (nSPS) is 52.2. The van der Waals surface area contributed by atoms with Gasteiger partial charge < -0.3 is 30.3 Å². The molecule has 1 aliphatic rings. The van der Waals surface area contributed by atoms with E-state index in [0.717, 1.165) is 0 Å². The summed E-state index contributed by atoms with van der Waals surface area (Å²) in [6.45, 7) is 0. The Labute approximate surface area is 75.0 Å². The summed E-state index contributed by atoms with van der Waals surface area (Å²) in [6, 6.07) is 0. The predicted molar refractivity (Wildman–Crippen MR) is 40.8 cm³/mol. The van der Waals surface area contributed by atoms with E-state index in [-0.39, 0.29) is 0 Å².